The Morgan fingerprint density at radius 2 is 1.41 bits per heavy atom. The van der Waals surface area contributed by atoms with Gasteiger partial charge < -0.3 is 19.6 Å². The van der Waals surface area contributed by atoms with Crippen molar-refractivity contribution in [3.05, 3.63) is 202 Å². The Kier molecular flexibility index (Phi) is 14.5. The molecule has 2 atom stereocenters. The van der Waals surface area contributed by atoms with Gasteiger partial charge in [0.05, 0.1) is 5.70 Å². The van der Waals surface area contributed by atoms with Gasteiger partial charge in [-0.25, -0.2) is 9.78 Å². The fourth-order valence-corrected chi connectivity index (χ4v) is 11.2. The third kappa shape index (κ3) is 10.5. The highest BCUT2D eigenvalue weighted by atomic mass is 32.2. The van der Waals surface area contributed by atoms with Gasteiger partial charge in [0.1, 0.15) is 28.8 Å². The van der Waals surface area contributed by atoms with Crippen molar-refractivity contribution in [2.75, 3.05) is 16.8 Å². The van der Waals surface area contributed by atoms with Crippen LogP contribution in [0.15, 0.2) is 179 Å². The molecule has 5 aromatic carbocycles. The van der Waals surface area contributed by atoms with E-state index in [1.165, 1.54) is 23.5 Å². The number of oxime groups is 1. The van der Waals surface area contributed by atoms with E-state index in [0.717, 1.165) is 44.7 Å². The van der Waals surface area contributed by atoms with E-state index in [1.54, 1.807) is 31.1 Å². The summed E-state index contributed by atoms with van der Waals surface area (Å²) in [5, 5.41) is 26.4. The quantitative estimate of drug-likeness (QED) is 0.0208. The molecule has 3 N–H and O–H groups in total. The van der Waals surface area contributed by atoms with Gasteiger partial charge in [-0.15, -0.1) is 33.3 Å². The number of fused-ring (bicyclic) bond motifs is 1. The van der Waals surface area contributed by atoms with Crippen LogP contribution < -0.4 is 10.6 Å². The molecule has 2 aromatic heterocycles. The van der Waals surface area contributed by atoms with E-state index in [1.807, 2.05) is 152 Å². The van der Waals surface area contributed by atoms with Crippen molar-refractivity contribution < 1.29 is 28.7 Å². The topological polar surface area (TPSA) is 186 Å². The SMILES string of the molecule is CC(C)(C)OC(=O)Nc1nc(/C(=N\OC(c2ccccc2)(c2ccccc2)c2ccccc2)C(=O)N[C@@H]2C(=O)N3C(C(=S)OC(c4ccccc4)c4ccccc4)=C(CSc4nn[nH]n4)CS[C@H]23)cs1. The maximum Gasteiger partial charge on any atom is 0.413 e. The van der Waals surface area contributed by atoms with Gasteiger partial charge in [0, 0.05) is 33.6 Å². The molecule has 0 aliphatic carbocycles. The van der Waals surface area contributed by atoms with Gasteiger partial charge in [0.25, 0.3) is 11.8 Å². The van der Waals surface area contributed by atoms with E-state index in [2.05, 4.69) is 41.4 Å². The number of anilines is 1. The van der Waals surface area contributed by atoms with Crippen molar-refractivity contribution >= 4 is 80.9 Å². The van der Waals surface area contributed by atoms with Gasteiger partial charge in [0.2, 0.25) is 15.8 Å². The second kappa shape index (κ2) is 21.2. The average Bonchev–Trinajstić information content (AvgIpc) is 4.09. The zero-order valence-corrected chi connectivity index (χ0v) is 41.2. The number of β-lactam (4-membered cyclic amide) rings is 1. The first kappa shape index (κ1) is 47.9. The average molecular weight is 1010 g/mol. The molecule has 2 aliphatic rings. The van der Waals surface area contributed by atoms with Crippen molar-refractivity contribution in [3.8, 4) is 0 Å². The molecular formula is C51H45N9O6S4. The third-order valence-electron chi connectivity index (χ3n) is 11.0. The Morgan fingerprint density at radius 3 is 1.94 bits per heavy atom. The van der Waals surface area contributed by atoms with Crippen LogP contribution in [0.25, 0.3) is 0 Å². The summed E-state index contributed by atoms with van der Waals surface area (Å²) < 4.78 is 12.2. The summed E-state index contributed by atoms with van der Waals surface area (Å²) in [7, 11) is 0. The standard InChI is InChI=1S/C51H45N9O6S4/c1-50(2,3)65-49(63)54-47-52-38(31-70-47)39(57-66-51(35-23-13-6-14-24-35,36-25-15-7-16-26-36)37-27-17-8-18-28-37)43(61)53-40-44(62)60-41(34(29-68-45(40)60)30-69-48-55-58-59-56-48)46(67)64-42(32-19-9-4-10-20-32)33-21-11-5-12-22-33/h4-28,31,40,42,45H,29-30H2,1-3H3,(H,53,61)(H,52,54,63)(H,55,56,58,59)/b57-39+/t40-,45-/m1/s1. The number of thiazole rings is 1. The molecule has 19 heteroatoms. The van der Waals surface area contributed by atoms with Gasteiger partial charge in [-0.05, 0) is 54.9 Å². The second-order valence-electron chi connectivity index (χ2n) is 16.9. The van der Waals surface area contributed by atoms with Crippen LogP contribution in [0.2, 0.25) is 0 Å². The number of benzene rings is 5. The number of ether oxygens (including phenoxy) is 2. The fraction of sp³-hybridized carbons (Fsp3) is 0.196. The fourth-order valence-electron chi connectivity index (χ4n) is 7.93. The second-order valence-corrected chi connectivity index (χ2v) is 20.2. The van der Waals surface area contributed by atoms with E-state index >= 15 is 0 Å². The van der Waals surface area contributed by atoms with Gasteiger partial charge in [-0.3, -0.25) is 19.8 Å². The summed E-state index contributed by atoms with van der Waals surface area (Å²) in [6.45, 7) is 5.25. The number of carbonyl (C=O) groups is 3. The Balaban J connectivity index is 1.06. The molecule has 0 spiro atoms. The normalized spacial score (nSPS) is 16.0. The smallest absolute Gasteiger partial charge is 0.413 e. The molecule has 354 valence electrons. The van der Waals surface area contributed by atoms with Gasteiger partial charge in [-0.1, -0.05) is 169 Å². The number of hydrogen-bond donors (Lipinski definition) is 3. The first-order valence-electron chi connectivity index (χ1n) is 22.0. The third-order valence-corrected chi connectivity index (χ3v) is 14.4. The lowest BCUT2D eigenvalue weighted by molar-refractivity contribution is -0.144. The highest BCUT2D eigenvalue weighted by molar-refractivity contribution is 8.01. The molecule has 0 saturated carbocycles. The number of aromatic nitrogens is 5. The minimum Gasteiger partial charge on any atom is -0.469 e. The number of nitrogens with zero attached hydrogens (tertiary/aromatic N) is 6. The molecule has 3 amide bonds. The van der Waals surface area contributed by atoms with Crippen LogP contribution in [0.4, 0.5) is 9.93 Å². The van der Waals surface area contributed by atoms with E-state index in [4.69, 9.17) is 26.5 Å². The molecule has 70 heavy (non-hydrogen) atoms. The summed E-state index contributed by atoms with van der Waals surface area (Å²) in [5.41, 5.74) is 2.91. The van der Waals surface area contributed by atoms with Gasteiger partial charge in [0.15, 0.2) is 10.8 Å². The van der Waals surface area contributed by atoms with Crippen LogP contribution in [-0.4, -0.2) is 87.7 Å². The molecule has 2 aliphatic heterocycles. The Morgan fingerprint density at radius 1 is 0.857 bits per heavy atom. The Labute approximate surface area is 421 Å². The number of H-pyrrole nitrogens is 1. The summed E-state index contributed by atoms with van der Waals surface area (Å²) in [6, 6.07) is 47.1. The first-order valence-corrected chi connectivity index (χ1v) is 25.3. The molecule has 15 nitrogen and oxygen atoms in total. The summed E-state index contributed by atoms with van der Waals surface area (Å²) in [6.07, 6.45) is -1.31. The lowest BCUT2D eigenvalue weighted by Crippen LogP contribution is -2.71. The Hall–Kier alpha value is -7.19. The van der Waals surface area contributed by atoms with E-state index in [-0.39, 0.29) is 21.6 Å². The number of tetrazole rings is 1. The largest absolute Gasteiger partial charge is 0.469 e. The van der Waals surface area contributed by atoms with Crippen LogP contribution in [0.3, 0.4) is 0 Å². The van der Waals surface area contributed by atoms with Crippen LogP contribution in [0.5, 0.6) is 0 Å². The first-order chi connectivity index (χ1) is 34.0. The van der Waals surface area contributed by atoms with E-state index in [0.29, 0.717) is 22.4 Å². The van der Waals surface area contributed by atoms with Crippen molar-refractivity contribution in [1.29, 1.82) is 0 Å². The number of aromatic amines is 1. The van der Waals surface area contributed by atoms with Crippen LogP contribution in [-0.2, 0) is 29.5 Å². The molecule has 0 radical (unpaired) electrons. The molecule has 9 rings (SSSR count). The summed E-state index contributed by atoms with van der Waals surface area (Å²) in [5.74, 6) is -0.339. The molecule has 1 fully saturated rings. The zero-order valence-electron chi connectivity index (χ0n) is 37.9. The van der Waals surface area contributed by atoms with Crippen LogP contribution >= 0.6 is 47.1 Å². The number of nitrogens with one attached hydrogen (secondary N) is 3. The lowest BCUT2D eigenvalue weighted by Gasteiger charge is -2.50. The molecule has 0 unspecified atom stereocenters. The van der Waals surface area contributed by atoms with Gasteiger partial charge >= 0.3 is 6.09 Å². The van der Waals surface area contributed by atoms with Crippen molar-refractivity contribution in [2.24, 2.45) is 5.16 Å². The van der Waals surface area contributed by atoms with Crippen molar-refractivity contribution in [1.82, 2.24) is 35.8 Å². The predicted molar refractivity (Wildman–Crippen MR) is 274 cm³/mol. The number of hydrogen-bond acceptors (Lipinski definition) is 15. The molecular weight excluding hydrogens is 963 g/mol. The van der Waals surface area contributed by atoms with Crippen molar-refractivity contribution in [3.63, 3.8) is 0 Å². The molecule has 0 bridgehead atoms. The molecule has 7 aromatic rings. The van der Waals surface area contributed by atoms with Crippen LogP contribution in [0, 0.1) is 0 Å². The van der Waals surface area contributed by atoms with Crippen molar-refractivity contribution in [2.45, 2.75) is 54.6 Å². The van der Waals surface area contributed by atoms with E-state index in [9.17, 15) is 14.4 Å². The zero-order chi connectivity index (χ0) is 48.7. The minimum atomic E-state index is -1.37. The monoisotopic (exact) mass is 1010 g/mol. The predicted octanol–water partition coefficient (Wildman–Crippen LogP) is 9.30. The number of rotatable bonds is 16. The maximum atomic E-state index is 14.9. The van der Waals surface area contributed by atoms with Gasteiger partial charge in [-0.2, -0.15) is 5.21 Å². The number of carbonyl (C=O) groups excluding carboxylic acids is 3. The highest BCUT2D eigenvalue weighted by Gasteiger charge is 2.54. The molecule has 4 heterocycles. The molecule has 1 saturated heterocycles. The number of thiocarbonyl (C=S) groups is 1. The van der Waals surface area contributed by atoms with E-state index < -0.39 is 46.6 Å². The summed E-state index contributed by atoms with van der Waals surface area (Å²) in [4.78, 5) is 55.5. The summed E-state index contributed by atoms with van der Waals surface area (Å²) >= 11 is 10.0. The number of amides is 3. The van der Waals surface area contributed by atoms with Crippen LogP contribution in [0.1, 0.15) is 60.4 Å². The Bertz CT molecular complexity index is 2880. The highest BCUT2D eigenvalue weighted by Crippen LogP contribution is 2.44. The minimum absolute atomic E-state index is 0.0837. The number of thioether (sulfide) groups is 2. The lowest BCUT2D eigenvalue weighted by atomic mass is 9.80. The maximum absolute atomic E-state index is 14.9.